The molecule has 0 saturated heterocycles. The monoisotopic (exact) mass is 248 g/mol. The Morgan fingerprint density at radius 1 is 1.39 bits per heavy atom. The number of nitrogens with one attached hydrogen (secondary N) is 1. The van der Waals surface area contributed by atoms with E-state index in [0.29, 0.717) is 18.2 Å². The van der Waals surface area contributed by atoms with Crippen molar-refractivity contribution in [3.63, 3.8) is 0 Å². The molecule has 0 aliphatic heterocycles. The summed E-state index contributed by atoms with van der Waals surface area (Å²) in [5, 5.41) is 3.21. The zero-order valence-electron chi connectivity index (χ0n) is 10.7. The molecule has 0 saturated carbocycles. The van der Waals surface area contributed by atoms with Crippen molar-refractivity contribution in [3.8, 4) is 11.3 Å². The van der Waals surface area contributed by atoms with E-state index in [2.05, 4.69) is 17.2 Å². The molecule has 18 heavy (non-hydrogen) atoms. The molecule has 0 radical (unpaired) electrons. The summed E-state index contributed by atoms with van der Waals surface area (Å²) in [5.74, 6) is 0.972. The maximum Gasteiger partial charge on any atom is 0.208 e. The number of aryl methyl sites for hydroxylation is 1. The Labute approximate surface area is 106 Å². The molecule has 4 heteroatoms. The van der Waals surface area contributed by atoms with Crippen LogP contribution in [0.4, 0.5) is 4.39 Å². The minimum Gasteiger partial charge on any atom is -0.439 e. The van der Waals surface area contributed by atoms with Gasteiger partial charge in [0.2, 0.25) is 5.89 Å². The minimum atomic E-state index is -0.266. The summed E-state index contributed by atoms with van der Waals surface area (Å²) < 4.78 is 18.8. The average molecular weight is 248 g/mol. The van der Waals surface area contributed by atoms with Gasteiger partial charge in [-0.2, -0.15) is 0 Å². The first kappa shape index (κ1) is 12.8. The number of hydrogen-bond donors (Lipinski definition) is 1. The van der Waals surface area contributed by atoms with Gasteiger partial charge in [0.15, 0.2) is 5.76 Å². The second-order valence-corrected chi connectivity index (χ2v) is 4.25. The second kappa shape index (κ2) is 5.78. The lowest BCUT2D eigenvalue weighted by Crippen LogP contribution is -2.13. The highest BCUT2D eigenvalue weighted by Crippen LogP contribution is 2.24. The van der Waals surface area contributed by atoms with Crippen LogP contribution in [0.3, 0.4) is 0 Å². The number of halogens is 1. The molecule has 1 heterocycles. The van der Waals surface area contributed by atoms with E-state index in [4.69, 9.17) is 4.42 Å². The highest BCUT2D eigenvalue weighted by molar-refractivity contribution is 5.61. The van der Waals surface area contributed by atoms with Gasteiger partial charge in [-0.25, -0.2) is 9.37 Å². The van der Waals surface area contributed by atoms with Gasteiger partial charge in [0.25, 0.3) is 0 Å². The van der Waals surface area contributed by atoms with Crippen LogP contribution in [0.15, 0.2) is 28.8 Å². The van der Waals surface area contributed by atoms with Crippen LogP contribution in [-0.2, 0) is 6.54 Å². The van der Waals surface area contributed by atoms with E-state index in [1.807, 2.05) is 6.92 Å². The third-order valence-electron chi connectivity index (χ3n) is 2.72. The lowest BCUT2D eigenvalue weighted by Gasteiger charge is -2.02. The maximum absolute atomic E-state index is 13.2. The Morgan fingerprint density at radius 3 is 3.00 bits per heavy atom. The maximum atomic E-state index is 13.2. The van der Waals surface area contributed by atoms with Gasteiger partial charge in [-0.3, -0.25) is 0 Å². The lowest BCUT2D eigenvalue weighted by atomic mass is 10.1. The van der Waals surface area contributed by atoms with Crippen molar-refractivity contribution in [1.82, 2.24) is 10.3 Å². The van der Waals surface area contributed by atoms with E-state index < -0.39 is 0 Å². The molecule has 0 aliphatic carbocycles. The van der Waals surface area contributed by atoms with Crippen molar-refractivity contribution in [3.05, 3.63) is 41.7 Å². The van der Waals surface area contributed by atoms with E-state index in [9.17, 15) is 4.39 Å². The molecule has 2 aromatic rings. The Bertz CT molecular complexity index is 522. The van der Waals surface area contributed by atoms with Crippen molar-refractivity contribution < 1.29 is 8.81 Å². The van der Waals surface area contributed by atoms with Crippen molar-refractivity contribution in [1.29, 1.82) is 0 Å². The second-order valence-electron chi connectivity index (χ2n) is 4.25. The fraction of sp³-hybridized carbons (Fsp3) is 0.357. The highest BCUT2D eigenvalue weighted by Gasteiger charge is 2.09. The van der Waals surface area contributed by atoms with Crippen LogP contribution in [0, 0.1) is 12.7 Å². The zero-order chi connectivity index (χ0) is 13.0. The van der Waals surface area contributed by atoms with Crippen LogP contribution < -0.4 is 5.32 Å². The highest BCUT2D eigenvalue weighted by atomic mass is 19.1. The molecule has 2 rings (SSSR count). The summed E-state index contributed by atoms with van der Waals surface area (Å²) in [4.78, 5) is 4.18. The van der Waals surface area contributed by atoms with Crippen LogP contribution in [-0.4, -0.2) is 11.5 Å². The molecule has 96 valence electrons. The van der Waals surface area contributed by atoms with Gasteiger partial charge in [0, 0.05) is 5.56 Å². The first-order valence-corrected chi connectivity index (χ1v) is 6.12. The third-order valence-corrected chi connectivity index (χ3v) is 2.72. The van der Waals surface area contributed by atoms with Crippen molar-refractivity contribution in [2.45, 2.75) is 26.8 Å². The minimum absolute atomic E-state index is 0.266. The quantitative estimate of drug-likeness (QED) is 0.825. The fourth-order valence-electron chi connectivity index (χ4n) is 1.75. The molecule has 0 atom stereocenters. The van der Waals surface area contributed by atoms with Gasteiger partial charge < -0.3 is 9.73 Å². The predicted molar refractivity (Wildman–Crippen MR) is 68.6 cm³/mol. The molecule has 0 spiro atoms. The number of rotatable bonds is 5. The first-order chi connectivity index (χ1) is 8.70. The van der Waals surface area contributed by atoms with Crippen molar-refractivity contribution in [2.75, 3.05) is 6.54 Å². The largest absolute Gasteiger partial charge is 0.439 e. The van der Waals surface area contributed by atoms with Gasteiger partial charge >= 0.3 is 0 Å². The van der Waals surface area contributed by atoms with Crippen LogP contribution in [0.25, 0.3) is 11.3 Å². The third kappa shape index (κ3) is 2.96. The Balaban J connectivity index is 2.16. The molecule has 1 N–H and O–H groups in total. The van der Waals surface area contributed by atoms with Gasteiger partial charge in [-0.05, 0) is 37.6 Å². The van der Waals surface area contributed by atoms with Crippen molar-refractivity contribution >= 4 is 0 Å². The van der Waals surface area contributed by atoms with E-state index in [0.717, 1.165) is 24.1 Å². The Kier molecular flexibility index (Phi) is 4.10. The molecule has 0 bridgehead atoms. The predicted octanol–water partition coefficient (Wildman–Crippen LogP) is 3.29. The average Bonchev–Trinajstić information content (AvgIpc) is 2.81. The number of benzene rings is 1. The summed E-state index contributed by atoms with van der Waals surface area (Å²) in [7, 11) is 0. The summed E-state index contributed by atoms with van der Waals surface area (Å²) in [6, 6.07) is 4.65. The van der Waals surface area contributed by atoms with E-state index in [1.165, 1.54) is 12.1 Å². The molecule has 0 amide bonds. The molecule has 1 aromatic carbocycles. The lowest BCUT2D eigenvalue weighted by molar-refractivity contribution is 0.477. The smallest absolute Gasteiger partial charge is 0.208 e. The van der Waals surface area contributed by atoms with E-state index >= 15 is 0 Å². The number of nitrogens with zero attached hydrogens (tertiary/aromatic N) is 1. The summed E-state index contributed by atoms with van der Waals surface area (Å²) in [5.41, 5.74) is 1.73. The summed E-state index contributed by atoms with van der Waals surface area (Å²) in [6.07, 6.45) is 2.71. The summed E-state index contributed by atoms with van der Waals surface area (Å²) in [6.45, 7) is 5.55. The fourth-order valence-corrected chi connectivity index (χ4v) is 1.75. The standard InChI is InChI=1S/C14H17FN2O/c1-3-6-16-9-14-17-8-13(18-14)12-7-11(15)5-4-10(12)2/h4-5,7-8,16H,3,6,9H2,1-2H3. The van der Waals surface area contributed by atoms with Crippen molar-refractivity contribution in [2.24, 2.45) is 0 Å². The zero-order valence-corrected chi connectivity index (χ0v) is 10.7. The molecule has 0 unspecified atom stereocenters. The van der Waals surface area contributed by atoms with Crippen LogP contribution in [0.5, 0.6) is 0 Å². The molecule has 1 aromatic heterocycles. The normalized spacial score (nSPS) is 10.8. The number of hydrogen-bond acceptors (Lipinski definition) is 3. The number of oxazole rings is 1. The SMILES string of the molecule is CCCNCc1ncc(-c2cc(F)ccc2C)o1. The summed E-state index contributed by atoms with van der Waals surface area (Å²) >= 11 is 0. The molecule has 0 fully saturated rings. The number of aromatic nitrogens is 1. The van der Waals surface area contributed by atoms with E-state index in [1.54, 1.807) is 12.3 Å². The van der Waals surface area contributed by atoms with Gasteiger partial charge in [0.1, 0.15) is 5.82 Å². The van der Waals surface area contributed by atoms with E-state index in [-0.39, 0.29) is 5.82 Å². The Morgan fingerprint density at radius 2 is 2.22 bits per heavy atom. The Hall–Kier alpha value is -1.68. The molecule has 0 aliphatic rings. The van der Waals surface area contributed by atoms with Gasteiger partial charge in [-0.1, -0.05) is 13.0 Å². The van der Waals surface area contributed by atoms with Gasteiger partial charge in [0.05, 0.1) is 12.7 Å². The molecular formula is C14H17FN2O. The van der Waals surface area contributed by atoms with Crippen LogP contribution in [0.1, 0.15) is 24.8 Å². The van der Waals surface area contributed by atoms with Gasteiger partial charge in [-0.15, -0.1) is 0 Å². The van der Waals surface area contributed by atoms with Crippen LogP contribution in [0.2, 0.25) is 0 Å². The topological polar surface area (TPSA) is 38.1 Å². The van der Waals surface area contributed by atoms with Crippen LogP contribution >= 0.6 is 0 Å². The molecular weight excluding hydrogens is 231 g/mol. The first-order valence-electron chi connectivity index (χ1n) is 6.12. The molecule has 3 nitrogen and oxygen atoms in total.